The number of rotatable bonds is 8. The van der Waals surface area contributed by atoms with Crippen molar-refractivity contribution < 1.29 is 9.84 Å². The molecule has 3 aromatic carbocycles. The SMILES string of the molecule is CCC(COc1cccc(Cc2ccccc2)c1O)Cc1ccccc1. The number of phenols is 1. The number of hydrogen-bond acceptors (Lipinski definition) is 2. The first-order valence-corrected chi connectivity index (χ1v) is 9.27. The highest BCUT2D eigenvalue weighted by molar-refractivity contribution is 5.47. The highest BCUT2D eigenvalue weighted by atomic mass is 16.5. The van der Waals surface area contributed by atoms with E-state index in [0.29, 0.717) is 24.7 Å². The molecule has 0 aliphatic carbocycles. The Morgan fingerprint density at radius 2 is 1.46 bits per heavy atom. The maximum atomic E-state index is 10.6. The fraction of sp³-hybridized carbons (Fsp3) is 0.250. The molecular formula is C24H26O2. The fourth-order valence-electron chi connectivity index (χ4n) is 3.12. The lowest BCUT2D eigenvalue weighted by atomic mass is 9.98. The summed E-state index contributed by atoms with van der Waals surface area (Å²) < 4.78 is 5.99. The molecule has 0 radical (unpaired) electrons. The van der Waals surface area contributed by atoms with Gasteiger partial charge in [-0.3, -0.25) is 0 Å². The van der Waals surface area contributed by atoms with Crippen molar-refractivity contribution in [2.45, 2.75) is 26.2 Å². The summed E-state index contributed by atoms with van der Waals surface area (Å²) in [6.45, 7) is 2.79. The van der Waals surface area contributed by atoms with Gasteiger partial charge in [0.2, 0.25) is 0 Å². The summed E-state index contributed by atoms with van der Waals surface area (Å²) in [7, 11) is 0. The Labute approximate surface area is 156 Å². The van der Waals surface area contributed by atoms with Crippen molar-refractivity contribution in [2.75, 3.05) is 6.61 Å². The molecule has 0 aliphatic rings. The summed E-state index contributed by atoms with van der Waals surface area (Å²) in [5.41, 5.74) is 3.39. The molecule has 1 atom stereocenters. The van der Waals surface area contributed by atoms with Crippen LogP contribution in [0.15, 0.2) is 78.9 Å². The predicted octanol–water partition coefficient (Wildman–Crippen LogP) is 5.63. The van der Waals surface area contributed by atoms with Crippen LogP contribution in [0, 0.1) is 5.92 Å². The second kappa shape index (κ2) is 9.10. The summed E-state index contributed by atoms with van der Waals surface area (Å²) >= 11 is 0. The van der Waals surface area contributed by atoms with E-state index in [2.05, 4.69) is 43.3 Å². The van der Waals surface area contributed by atoms with E-state index in [1.165, 1.54) is 11.1 Å². The minimum Gasteiger partial charge on any atom is -0.504 e. The molecule has 3 rings (SSSR count). The van der Waals surface area contributed by atoms with Crippen LogP contribution in [0.4, 0.5) is 0 Å². The molecule has 1 N–H and O–H groups in total. The van der Waals surface area contributed by atoms with Crippen LogP contribution in [0.3, 0.4) is 0 Å². The Morgan fingerprint density at radius 1 is 0.808 bits per heavy atom. The zero-order chi connectivity index (χ0) is 18.2. The van der Waals surface area contributed by atoms with Crippen molar-refractivity contribution in [1.29, 1.82) is 0 Å². The predicted molar refractivity (Wildman–Crippen MR) is 107 cm³/mol. The highest BCUT2D eigenvalue weighted by Crippen LogP contribution is 2.32. The second-order valence-electron chi connectivity index (χ2n) is 6.70. The number of phenolic OH excluding ortho intramolecular Hbond substituents is 1. The van der Waals surface area contributed by atoms with Crippen LogP contribution in [-0.4, -0.2) is 11.7 Å². The molecule has 3 aromatic rings. The molecule has 0 saturated carbocycles. The van der Waals surface area contributed by atoms with Crippen LogP contribution in [0.25, 0.3) is 0 Å². The van der Waals surface area contributed by atoms with E-state index >= 15 is 0 Å². The first-order valence-electron chi connectivity index (χ1n) is 9.27. The molecule has 0 saturated heterocycles. The van der Waals surface area contributed by atoms with Gasteiger partial charge in [-0.2, -0.15) is 0 Å². The normalized spacial score (nSPS) is 11.9. The van der Waals surface area contributed by atoms with E-state index < -0.39 is 0 Å². The van der Waals surface area contributed by atoms with Crippen molar-refractivity contribution in [3.63, 3.8) is 0 Å². The molecule has 0 fully saturated rings. The van der Waals surface area contributed by atoms with E-state index in [0.717, 1.165) is 18.4 Å². The third-order valence-electron chi connectivity index (χ3n) is 4.74. The van der Waals surface area contributed by atoms with Gasteiger partial charge in [0, 0.05) is 12.0 Å². The molecule has 134 valence electrons. The highest BCUT2D eigenvalue weighted by Gasteiger charge is 2.13. The molecule has 2 heteroatoms. The van der Waals surface area contributed by atoms with Crippen molar-refractivity contribution in [3.05, 3.63) is 95.6 Å². The zero-order valence-electron chi connectivity index (χ0n) is 15.3. The Morgan fingerprint density at radius 3 is 2.12 bits per heavy atom. The molecule has 0 amide bonds. The average molecular weight is 346 g/mol. The van der Waals surface area contributed by atoms with Crippen molar-refractivity contribution in [3.8, 4) is 11.5 Å². The number of benzene rings is 3. The van der Waals surface area contributed by atoms with E-state index in [4.69, 9.17) is 4.74 Å². The van der Waals surface area contributed by atoms with Crippen molar-refractivity contribution >= 4 is 0 Å². The van der Waals surface area contributed by atoms with Gasteiger partial charge in [-0.15, -0.1) is 0 Å². The number of aromatic hydroxyl groups is 1. The lowest BCUT2D eigenvalue weighted by Gasteiger charge is -2.17. The first kappa shape index (κ1) is 18.1. The molecule has 0 bridgehead atoms. The van der Waals surface area contributed by atoms with Crippen LogP contribution < -0.4 is 4.74 Å². The smallest absolute Gasteiger partial charge is 0.161 e. The van der Waals surface area contributed by atoms with E-state index in [-0.39, 0.29) is 5.75 Å². The van der Waals surface area contributed by atoms with Gasteiger partial charge in [0.15, 0.2) is 11.5 Å². The van der Waals surface area contributed by atoms with Crippen LogP contribution >= 0.6 is 0 Å². The maximum Gasteiger partial charge on any atom is 0.161 e. The van der Waals surface area contributed by atoms with Gasteiger partial charge in [-0.1, -0.05) is 79.7 Å². The van der Waals surface area contributed by atoms with Gasteiger partial charge < -0.3 is 9.84 Å². The standard InChI is InChI=1S/C24H26O2/c1-2-19(16-20-10-5-3-6-11-20)18-26-23-15-9-14-22(24(23)25)17-21-12-7-4-8-13-21/h3-15,19,25H,2,16-18H2,1H3. The Hall–Kier alpha value is -2.74. The average Bonchev–Trinajstić information content (AvgIpc) is 2.69. The molecule has 26 heavy (non-hydrogen) atoms. The van der Waals surface area contributed by atoms with E-state index in [9.17, 15) is 5.11 Å². The molecule has 2 nitrogen and oxygen atoms in total. The van der Waals surface area contributed by atoms with Crippen LogP contribution in [0.2, 0.25) is 0 Å². The van der Waals surface area contributed by atoms with E-state index in [1.807, 2.05) is 42.5 Å². The van der Waals surface area contributed by atoms with Gasteiger partial charge in [0.05, 0.1) is 6.61 Å². The van der Waals surface area contributed by atoms with Gasteiger partial charge >= 0.3 is 0 Å². The second-order valence-corrected chi connectivity index (χ2v) is 6.70. The quantitative estimate of drug-likeness (QED) is 0.573. The topological polar surface area (TPSA) is 29.5 Å². The lowest BCUT2D eigenvalue weighted by Crippen LogP contribution is -2.14. The number of para-hydroxylation sites is 1. The number of ether oxygens (including phenoxy) is 1. The third-order valence-corrected chi connectivity index (χ3v) is 4.74. The minimum absolute atomic E-state index is 0.255. The van der Waals surface area contributed by atoms with Crippen molar-refractivity contribution in [1.82, 2.24) is 0 Å². The third kappa shape index (κ3) is 4.89. The Bertz CT molecular complexity index is 797. The summed E-state index contributed by atoms with van der Waals surface area (Å²) in [6.07, 6.45) is 2.73. The van der Waals surface area contributed by atoms with Crippen LogP contribution in [-0.2, 0) is 12.8 Å². The monoisotopic (exact) mass is 346 g/mol. The molecule has 1 unspecified atom stereocenters. The summed E-state index contributed by atoms with van der Waals surface area (Å²) in [5.74, 6) is 1.26. The van der Waals surface area contributed by atoms with E-state index in [1.54, 1.807) is 0 Å². The van der Waals surface area contributed by atoms with Crippen molar-refractivity contribution in [2.24, 2.45) is 5.92 Å². The molecule has 0 aromatic heterocycles. The molecule has 0 spiro atoms. The van der Waals surface area contributed by atoms with Gasteiger partial charge in [-0.05, 0) is 36.0 Å². The zero-order valence-corrected chi connectivity index (χ0v) is 15.3. The lowest BCUT2D eigenvalue weighted by molar-refractivity contribution is 0.234. The summed E-state index contributed by atoms with van der Waals surface area (Å²) in [6, 6.07) is 26.4. The molecule has 0 aliphatic heterocycles. The first-order chi connectivity index (χ1) is 12.8. The fourth-order valence-corrected chi connectivity index (χ4v) is 3.12. The minimum atomic E-state index is 0.255. The molecular weight excluding hydrogens is 320 g/mol. The van der Waals surface area contributed by atoms with Gasteiger partial charge in [0.25, 0.3) is 0 Å². The molecule has 0 heterocycles. The van der Waals surface area contributed by atoms with Crippen LogP contribution in [0.5, 0.6) is 11.5 Å². The van der Waals surface area contributed by atoms with Crippen LogP contribution in [0.1, 0.15) is 30.0 Å². The Kier molecular flexibility index (Phi) is 6.32. The number of hydrogen-bond donors (Lipinski definition) is 1. The Balaban J connectivity index is 1.64. The summed E-state index contributed by atoms with van der Waals surface area (Å²) in [5, 5.41) is 10.6. The largest absolute Gasteiger partial charge is 0.504 e. The maximum absolute atomic E-state index is 10.6. The summed E-state index contributed by atoms with van der Waals surface area (Å²) in [4.78, 5) is 0. The van der Waals surface area contributed by atoms with Gasteiger partial charge in [-0.25, -0.2) is 0 Å². The van der Waals surface area contributed by atoms with Gasteiger partial charge in [0.1, 0.15) is 0 Å².